The SMILES string of the molecule is CC(C)[C@H](N)C(=O)NCC(=O)Nc1ncc(Cc2ccc(F)cc2F)s1. The van der Waals surface area contributed by atoms with Crippen LogP contribution in [0.15, 0.2) is 24.4 Å². The van der Waals surface area contributed by atoms with E-state index in [1.54, 1.807) is 0 Å². The average Bonchev–Trinajstić information content (AvgIpc) is 3.01. The van der Waals surface area contributed by atoms with Gasteiger partial charge in [-0.25, -0.2) is 13.8 Å². The van der Waals surface area contributed by atoms with E-state index in [-0.39, 0.29) is 18.9 Å². The van der Waals surface area contributed by atoms with Gasteiger partial charge in [0, 0.05) is 23.6 Å². The summed E-state index contributed by atoms with van der Waals surface area (Å²) in [5.41, 5.74) is 6.02. The van der Waals surface area contributed by atoms with Crippen LogP contribution in [0.2, 0.25) is 0 Å². The van der Waals surface area contributed by atoms with Gasteiger partial charge in [-0.2, -0.15) is 0 Å². The Morgan fingerprint density at radius 3 is 2.69 bits per heavy atom. The molecule has 0 aliphatic heterocycles. The highest BCUT2D eigenvalue weighted by atomic mass is 32.1. The standard InChI is InChI=1S/C17H20F2N4O2S/c1-9(2)15(20)16(25)21-8-14(24)23-17-22-7-12(26-17)5-10-3-4-11(18)6-13(10)19/h3-4,6-7,9,15H,5,8,20H2,1-2H3,(H,21,25)(H,22,23,24)/t15-/m0/s1. The van der Waals surface area contributed by atoms with Gasteiger partial charge in [0.1, 0.15) is 11.6 Å². The van der Waals surface area contributed by atoms with Crippen LogP contribution in [0.3, 0.4) is 0 Å². The number of carbonyl (C=O) groups excluding carboxylic acids is 2. The lowest BCUT2D eigenvalue weighted by atomic mass is 10.1. The quantitative estimate of drug-likeness (QED) is 0.683. The second-order valence-corrected chi connectivity index (χ2v) is 7.20. The molecule has 26 heavy (non-hydrogen) atoms. The van der Waals surface area contributed by atoms with Gasteiger partial charge in [-0.1, -0.05) is 19.9 Å². The smallest absolute Gasteiger partial charge is 0.245 e. The van der Waals surface area contributed by atoms with Crippen molar-refractivity contribution < 1.29 is 18.4 Å². The number of hydrogen-bond acceptors (Lipinski definition) is 5. The fourth-order valence-corrected chi connectivity index (χ4v) is 2.90. The summed E-state index contributed by atoms with van der Waals surface area (Å²) in [6.45, 7) is 3.40. The molecule has 1 aromatic carbocycles. The Hall–Kier alpha value is -2.39. The van der Waals surface area contributed by atoms with E-state index in [0.717, 1.165) is 6.07 Å². The van der Waals surface area contributed by atoms with E-state index in [2.05, 4.69) is 15.6 Å². The topological polar surface area (TPSA) is 97.1 Å². The molecule has 0 saturated carbocycles. The Morgan fingerprint density at radius 1 is 1.31 bits per heavy atom. The molecule has 2 amide bonds. The molecular weight excluding hydrogens is 362 g/mol. The summed E-state index contributed by atoms with van der Waals surface area (Å²) in [4.78, 5) is 28.3. The third kappa shape index (κ3) is 5.57. The number of carbonyl (C=O) groups is 2. The van der Waals surface area contributed by atoms with E-state index in [1.807, 2.05) is 13.8 Å². The lowest BCUT2D eigenvalue weighted by Crippen LogP contribution is -2.46. The summed E-state index contributed by atoms with van der Waals surface area (Å²) in [6.07, 6.45) is 1.75. The number of aromatic nitrogens is 1. The number of amides is 2. The predicted molar refractivity (Wildman–Crippen MR) is 95.7 cm³/mol. The summed E-state index contributed by atoms with van der Waals surface area (Å²) >= 11 is 1.17. The number of nitrogens with zero attached hydrogens (tertiary/aromatic N) is 1. The summed E-state index contributed by atoms with van der Waals surface area (Å²) in [5.74, 6) is -2.15. The summed E-state index contributed by atoms with van der Waals surface area (Å²) in [5, 5.41) is 5.34. The van der Waals surface area contributed by atoms with Crippen LogP contribution in [0, 0.1) is 17.6 Å². The molecule has 2 aromatic rings. The molecule has 9 heteroatoms. The minimum Gasteiger partial charge on any atom is -0.346 e. The Morgan fingerprint density at radius 2 is 2.04 bits per heavy atom. The van der Waals surface area contributed by atoms with Gasteiger partial charge >= 0.3 is 0 Å². The molecule has 0 aliphatic rings. The van der Waals surface area contributed by atoms with Gasteiger partial charge in [-0.15, -0.1) is 11.3 Å². The minimum atomic E-state index is -0.681. The second-order valence-electron chi connectivity index (χ2n) is 6.08. The molecule has 0 spiro atoms. The highest BCUT2D eigenvalue weighted by Crippen LogP contribution is 2.22. The van der Waals surface area contributed by atoms with Gasteiger partial charge in [0.05, 0.1) is 12.6 Å². The first-order chi connectivity index (χ1) is 12.3. The molecule has 0 unspecified atom stereocenters. The number of halogens is 2. The van der Waals surface area contributed by atoms with Gasteiger partial charge in [-0.05, 0) is 17.5 Å². The van der Waals surface area contributed by atoms with Crippen LogP contribution in [0.5, 0.6) is 0 Å². The minimum absolute atomic E-state index is 0.0357. The van der Waals surface area contributed by atoms with Crippen molar-refractivity contribution in [3.8, 4) is 0 Å². The zero-order valence-corrected chi connectivity index (χ0v) is 15.2. The molecule has 0 fully saturated rings. The maximum atomic E-state index is 13.7. The van der Waals surface area contributed by atoms with Crippen LogP contribution in [-0.2, 0) is 16.0 Å². The monoisotopic (exact) mass is 382 g/mol. The number of benzene rings is 1. The van der Waals surface area contributed by atoms with Crippen LogP contribution in [0.25, 0.3) is 0 Å². The predicted octanol–water partition coefficient (Wildman–Crippen LogP) is 2.05. The zero-order valence-electron chi connectivity index (χ0n) is 14.4. The molecule has 140 valence electrons. The maximum Gasteiger partial charge on any atom is 0.245 e. The summed E-state index contributed by atoms with van der Waals surface area (Å²) < 4.78 is 26.6. The first-order valence-electron chi connectivity index (χ1n) is 7.98. The Balaban J connectivity index is 1.87. The van der Waals surface area contributed by atoms with E-state index in [1.165, 1.54) is 29.7 Å². The van der Waals surface area contributed by atoms with Crippen LogP contribution in [-0.4, -0.2) is 29.4 Å². The van der Waals surface area contributed by atoms with Crippen molar-refractivity contribution >= 4 is 28.3 Å². The Kier molecular flexibility index (Phi) is 6.76. The van der Waals surface area contributed by atoms with Gasteiger partial charge in [0.2, 0.25) is 11.8 Å². The van der Waals surface area contributed by atoms with Crippen molar-refractivity contribution in [2.75, 3.05) is 11.9 Å². The number of hydrogen-bond donors (Lipinski definition) is 3. The van der Waals surface area contributed by atoms with E-state index in [4.69, 9.17) is 5.73 Å². The van der Waals surface area contributed by atoms with Crippen LogP contribution >= 0.6 is 11.3 Å². The van der Waals surface area contributed by atoms with Crippen molar-refractivity contribution in [3.05, 3.63) is 46.5 Å². The number of thiazole rings is 1. The third-order valence-electron chi connectivity index (χ3n) is 3.62. The Labute approximate surface area is 153 Å². The maximum absolute atomic E-state index is 13.7. The Bertz CT molecular complexity index is 795. The third-order valence-corrected chi connectivity index (χ3v) is 4.54. The molecule has 0 radical (unpaired) electrons. The lowest BCUT2D eigenvalue weighted by molar-refractivity contribution is -0.125. The van der Waals surface area contributed by atoms with Crippen LogP contribution < -0.4 is 16.4 Å². The van der Waals surface area contributed by atoms with Gasteiger partial charge in [0.25, 0.3) is 0 Å². The van der Waals surface area contributed by atoms with E-state index < -0.39 is 29.5 Å². The van der Waals surface area contributed by atoms with Crippen LogP contribution in [0.1, 0.15) is 24.3 Å². The van der Waals surface area contributed by atoms with Crippen LogP contribution in [0.4, 0.5) is 13.9 Å². The number of anilines is 1. The van der Waals surface area contributed by atoms with Gasteiger partial charge < -0.3 is 16.4 Å². The summed E-state index contributed by atoms with van der Waals surface area (Å²) in [6, 6.07) is 2.70. The number of nitrogens with two attached hydrogens (primary N) is 1. The van der Waals surface area contributed by atoms with Crippen molar-refractivity contribution in [2.24, 2.45) is 11.7 Å². The first kappa shape index (κ1) is 19.9. The molecule has 1 heterocycles. The van der Waals surface area contributed by atoms with Crippen molar-refractivity contribution in [3.63, 3.8) is 0 Å². The molecule has 1 aromatic heterocycles. The molecule has 4 N–H and O–H groups in total. The van der Waals surface area contributed by atoms with Gasteiger partial charge in [-0.3, -0.25) is 9.59 Å². The normalized spacial score (nSPS) is 12.1. The highest BCUT2D eigenvalue weighted by molar-refractivity contribution is 7.15. The second kappa shape index (κ2) is 8.81. The molecular formula is C17H20F2N4O2S. The largest absolute Gasteiger partial charge is 0.346 e. The van der Waals surface area contributed by atoms with Crippen molar-refractivity contribution in [1.29, 1.82) is 0 Å². The van der Waals surface area contributed by atoms with Crippen molar-refractivity contribution in [2.45, 2.75) is 26.3 Å². The fraction of sp³-hybridized carbons (Fsp3) is 0.353. The van der Waals surface area contributed by atoms with E-state index in [0.29, 0.717) is 15.6 Å². The molecule has 1 atom stereocenters. The first-order valence-corrected chi connectivity index (χ1v) is 8.79. The van der Waals surface area contributed by atoms with Crippen molar-refractivity contribution in [1.82, 2.24) is 10.3 Å². The average molecular weight is 382 g/mol. The van der Waals surface area contributed by atoms with E-state index in [9.17, 15) is 18.4 Å². The molecule has 6 nitrogen and oxygen atoms in total. The molecule has 0 aliphatic carbocycles. The van der Waals surface area contributed by atoms with Gasteiger partial charge in [0.15, 0.2) is 5.13 Å². The number of nitrogens with one attached hydrogen (secondary N) is 2. The molecule has 0 saturated heterocycles. The van der Waals surface area contributed by atoms with E-state index >= 15 is 0 Å². The summed E-state index contributed by atoms with van der Waals surface area (Å²) in [7, 11) is 0. The number of rotatable bonds is 7. The highest BCUT2D eigenvalue weighted by Gasteiger charge is 2.18. The zero-order chi connectivity index (χ0) is 19.3. The molecule has 0 bridgehead atoms. The molecule has 2 rings (SSSR count). The lowest BCUT2D eigenvalue weighted by Gasteiger charge is -2.14. The fourth-order valence-electron chi connectivity index (χ4n) is 2.05.